The zero-order chi connectivity index (χ0) is 11.8. The molecule has 1 aromatic carbocycles. The molecule has 0 aliphatic heterocycles. The molecule has 0 saturated heterocycles. The zero-order valence-corrected chi connectivity index (χ0v) is 8.81. The molecule has 1 nitrogen and oxygen atoms in total. The predicted octanol–water partition coefficient (Wildman–Crippen LogP) is 3.84. The van der Waals surface area contributed by atoms with Crippen molar-refractivity contribution in [2.24, 2.45) is 0 Å². The molecule has 0 unspecified atom stereocenters. The number of alkyl halides is 3. The fourth-order valence-corrected chi connectivity index (χ4v) is 1.36. The Labute approximate surface area is 86.5 Å². The molecule has 1 N–H and O–H groups in total. The van der Waals surface area contributed by atoms with Gasteiger partial charge in [0, 0.05) is 0 Å². The van der Waals surface area contributed by atoms with E-state index in [4.69, 9.17) is 0 Å². The molecular formula is C11H13F3O. The minimum Gasteiger partial charge on any atom is -0.507 e. The van der Waals surface area contributed by atoms with E-state index >= 15 is 0 Å². The van der Waals surface area contributed by atoms with Crippen LogP contribution in [-0.2, 0) is 6.18 Å². The van der Waals surface area contributed by atoms with E-state index in [2.05, 4.69) is 0 Å². The predicted molar refractivity (Wildman–Crippen MR) is 51.9 cm³/mol. The summed E-state index contributed by atoms with van der Waals surface area (Å²) < 4.78 is 37.5. The van der Waals surface area contributed by atoms with Crippen LogP contribution in [0.3, 0.4) is 0 Å². The van der Waals surface area contributed by atoms with Gasteiger partial charge in [-0.25, -0.2) is 0 Å². The monoisotopic (exact) mass is 218 g/mol. The summed E-state index contributed by atoms with van der Waals surface area (Å²) in [5.41, 5.74) is -0.114. The summed E-state index contributed by atoms with van der Waals surface area (Å²) in [4.78, 5) is 0. The van der Waals surface area contributed by atoms with Crippen LogP contribution in [0.1, 0.15) is 36.5 Å². The van der Waals surface area contributed by atoms with E-state index < -0.39 is 17.5 Å². The van der Waals surface area contributed by atoms with Crippen LogP contribution in [0.5, 0.6) is 5.75 Å². The number of halogens is 3. The molecule has 4 heteroatoms. The number of aryl methyl sites for hydroxylation is 1. The highest BCUT2D eigenvalue weighted by Gasteiger charge is 2.34. The van der Waals surface area contributed by atoms with E-state index in [0.717, 1.165) is 6.07 Å². The third-order valence-corrected chi connectivity index (χ3v) is 2.29. The van der Waals surface area contributed by atoms with E-state index in [1.807, 2.05) is 13.8 Å². The standard InChI is InChI=1S/C11H13F3O/c1-6(2)8-4-7(3)10(15)9(5-8)11(12,13)14/h4-6,15H,1-3H3. The van der Waals surface area contributed by atoms with Gasteiger partial charge in [0.1, 0.15) is 5.75 Å². The van der Waals surface area contributed by atoms with Crippen LogP contribution in [0.4, 0.5) is 13.2 Å². The molecule has 15 heavy (non-hydrogen) atoms. The fraction of sp³-hybridized carbons (Fsp3) is 0.455. The Kier molecular flexibility index (Phi) is 2.98. The first-order chi connectivity index (χ1) is 6.73. The topological polar surface area (TPSA) is 20.2 Å². The normalized spacial score (nSPS) is 12.2. The lowest BCUT2D eigenvalue weighted by molar-refractivity contribution is -0.138. The molecule has 0 heterocycles. The Bertz CT molecular complexity index is 367. The second kappa shape index (κ2) is 3.76. The van der Waals surface area contributed by atoms with Crippen LogP contribution in [-0.4, -0.2) is 5.11 Å². The molecule has 0 aromatic heterocycles. The minimum absolute atomic E-state index is 0.00500. The van der Waals surface area contributed by atoms with Crippen molar-refractivity contribution in [3.63, 3.8) is 0 Å². The second-order valence-corrected chi connectivity index (χ2v) is 3.89. The summed E-state index contributed by atoms with van der Waals surface area (Å²) in [7, 11) is 0. The first-order valence-corrected chi connectivity index (χ1v) is 4.64. The Morgan fingerprint density at radius 2 is 1.73 bits per heavy atom. The average Bonchev–Trinajstić information content (AvgIpc) is 2.06. The second-order valence-electron chi connectivity index (χ2n) is 3.89. The van der Waals surface area contributed by atoms with Crippen molar-refractivity contribution in [2.75, 3.05) is 0 Å². The van der Waals surface area contributed by atoms with Gasteiger partial charge in [-0.1, -0.05) is 19.9 Å². The Morgan fingerprint density at radius 1 is 1.20 bits per heavy atom. The van der Waals surface area contributed by atoms with Crippen LogP contribution in [0.15, 0.2) is 12.1 Å². The highest BCUT2D eigenvalue weighted by molar-refractivity contribution is 5.45. The van der Waals surface area contributed by atoms with E-state index in [1.54, 1.807) is 6.07 Å². The fourth-order valence-electron chi connectivity index (χ4n) is 1.36. The van der Waals surface area contributed by atoms with Crippen molar-refractivity contribution in [3.05, 3.63) is 28.8 Å². The maximum atomic E-state index is 12.5. The summed E-state index contributed by atoms with van der Waals surface area (Å²) in [6.45, 7) is 5.09. The molecule has 0 saturated carbocycles. The number of phenolic OH excluding ortho intramolecular Hbond substituents is 1. The molecule has 0 atom stereocenters. The van der Waals surface area contributed by atoms with Crippen molar-refractivity contribution in [3.8, 4) is 5.75 Å². The molecule has 1 aromatic rings. The van der Waals surface area contributed by atoms with Crippen LogP contribution in [0.25, 0.3) is 0 Å². The molecule has 0 aliphatic carbocycles. The highest BCUT2D eigenvalue weighted by Crippen LogP contribution is 2.39. The lowest BCUT2D eigenvalue weighted by Crippen LogP contribution is -2.07. The number of aromatic hydroxyl groups is 1. The van der Waals surface area contributed by atoms with Gasteiger partial charge in [0.25, 0.3) is 0 Å². The lowest BCUT2D eigenvalue weighted by atomic mass is 9.97. The van der Waals surface area contributed by atoms with Gasteiger partial charge in [0.2, 0.25) is 0 Å². The molecule has 1 rings (SSSR count). The Hall–Kier alpha value is -1.19. The summed E-state index contributed by atoms with van der Waals surface area (Å²) >= 11 is 0. The van der Waals surface area contributed by atoms with E-state index in [1.165, 1.54) is 6.92 Å². The van der Waals surface area contributed by atoms with Crippen molar-refractivity contribution in [1.29, 1.82) is 0 Å². The smallest absolute Gasteiger partial charge is 0.419 e. The third kappa shape index (κ3) is 2.43. The highest BCUT2D eigenvalue weighted by atomic mass is 19.4. The largest absolute Gasteiger partial charge is 0.507 e. The van der Waals surface area contributed by atoms with Gasteiger partial charge in [0.15, 0.2) is 0 Å². The number of rotatable bonds is 1. The molecule has 0 bridgehead atoms. The summed E-state index contributed by atoms with van der Waals surface area (Å²) in [5.74, 6) is -0.669. The third-order valence-electron chi connectivity index (χ3n) is 2.29. The van der Waals surface area contributed by atoms with E-state index in [9.17, 15) is 18.3 Å². The van der Waals surface area contributed by atoms with Gasteiger partial charge in [0.05, 0.1) is 5.56 Å². The van der Waals surface area contributed by atoms with Gasteiger partial charge < -0.3 is 5.11 Å². The maximum absolute atomic E-state index is 12.5. The van der Waals surface area contributed by atoms with Gasteiger partial charge in [-0.3, -0.25) is 0 Å². The maximum Gasteiger partial charge on any atom is 0.419 e. The minimum atomic E-state index is -4.50. The Morgan fingerprint density at radius 3 is 2.13 bits per heavy atom. The molecule has 84 valence electrons. The van der Waals surface area contributed by atoms with Crippen molar-refractivity contribution < 1.29 is 18.3 Å². The van der Waals surface area contributed by atoms with E-state index in [-0.39, 0.29) is 11.5 Å². The molecule has 0 amide bonds. The molecule has 0 spiro atoms. The number of phenols is 1. The molecular weight excluding hydrogens is 205 g/mol. The molecule has 0 radical (unpaired) electrons. The average molecular weight is 218 g/mol. The van der Waals surface area contributed by atoms with Crippen LogP contribution in [0.2, 0.25) is 0 Å². The Balaban J connectivity index is 3.38. The van der Waals surface area contributed by atoms with Crippen LogP contribution >= 0.6 is 0 Å². The first kappa shape index (κ1) is 11.9. The SMILES string of the molecule is Cc1cc(C(C)C)cc(C(F)(F)F)c1O. The molecule has 0 aliphatic rings. The number of hydrogen-bond acceptors (Lipinski definition) is 1. The summed E-state index contributed by atoms with van der Waals surface area (Å²) in [6.07, 6.45) is -4.50. The molecule has 0 fully saturated rings. The van der Waals surface area contributed by atoms with Crippen molar-refractivity contribution in [1.82, 2.24) is 0 Å². The van der Waals surface area contributed by atoms with Gasteiger partial charge >= 0.3 is 6.18 Å². The zero-order valence-electron chi connectivity index (χ0n) is 8.81. The van der Waals surface area contributed by atoms with Crippen LogP contribution < -0.4 is 0 Å². The number of hydrogen-bond donors (Lipinski definition) is 1. The quantitative estimate of drug-likeness (QED) is 0.759. The summed E-state index contributed by atoms with van der Waals surface area (Å²) in [6, 6.07) is 2.59. The van der Waals surface area contributed by atoms with Gasteiger partial charge in [-0.05, 0) is 30.0 Å². The number of benzene rings is 1. The van der Waals surface area contributed by atoms with Gasteiger partial charge in [-0.2, -0.15) is 13.2 Å². The van der Waals surface area contributed by atoms with Crippen molar-refractivity contribution >= 4 is 0 Å². The van der Waals surface area contributed by atoms with Crippen LogP contribution in [0, 0.1) is 6.92 Å². The first-order valence-electron chi connectivity index (χ1n) is 4.64. The lowest BCUT2D eigenvalue weighted by Gasteiger charge is -2.14. The van der Waals surface area contributed by atoms with E-state index in [0.29, 0.717) is 5.56 Å². The van der Waals surface area contributed by atoms with Gasteiger partial charge in [-0.15, -0.1) is 0 Å². The van der Waals surface area contributed by atoms with Crippen molar-refractivity contribution in [2.45, 2.75) is 32.9 Å². The summed E-state index contributed by atoms with van der Waals surface area (Å²) in [5, 5.41) is 9.32.